The molecule has 0 aliphatic carbocycles. The third-order valence-electron chi connectivity index (χ3n) is 4.25. The van der Waals surface area contributed by atoms with E-state index in [9.17, 15) is 22.4 Å². The van der Waals surface area contributed by atoms with Crippen LogP contribution in [0.2, 0.25) is 0 Å². The SMILES string of the molecule is CC(OC(=O)c1cccc(N2CCCS2(=O)=O)c1)C(=O)c1ccc(F)cc1. The molecule has 0 N–H and O–H groups in total. The Kier molecular flexibility index (Phi) is 5.27. The molecule has 0 aromatic heterocycles. The van der Waals surface area contributed by atoms with Gasteiger partial charge in [0.15, 0.2) is 6.10 Å². The molecule has 1 atom stereocenters. The van der Waals surface area contributed by atoms with Crippen molar-refractivity contribution >= 4 is 27.5 Å². The first-order chi connectivity index (χ1) is 12.8. The molecular formula is C19H18FNO5S. The van der Waals surface area contributed by atoms with E-state index in [1.54, 1.807) is 12.1 Å². The molecule has 6 nitrogen and oxygen atoms in total. The first-order valence-corrected chi connectivity index (χ1v) is 10.00. The number of hydrogen-bond acceptors (Lipinski definition) is 5. The maximum Gasteiger partial charge on any atom is 0.338 e. The molecule has 0 spiro atoms. The van der Waals surface area contributed by atoms with Gasteiger partial charge in [-0.15, -0.1) is 0 Å². The summed E-state index contributed by atoms with van der Waals surface area (Å²) < 4.78 is 43.5. The molecule has 8 heteroatoms. The van der Waals surface area contributed by atoms with Crippen molar-refractivity contribution in [2.75, 3.05) is 16.6 Å². The zero-order valence-corrected chi connectivity index (χ0v) is 15.4. The number of halogens is 1. The van der Waals surface area contributed by atoms with Crippen molar-refractivity contribution in [2.45, 2.75) is 19.4 Å². The van der Waals surface area contributed by atoms with E-state index in [1.165, 1.54) is 35.5 Å². The van der Waals surface area contributed by atoms with Crippen molar-refractivity contribution in [3.05, 3.63) is 65.5 Å². The first-order valence-electron chi connectivity index (χ1n) is 8.39. The highest BCUT2D eigenvalue weighted by atomic mass is 32.2. The molecule has 1 fully saturated rings. The fraction of sp³-hybridized carbons (Fsp3) is 0.263. The Morgan fingerprint density at radius 3 is 2.44 bits per heavy atom. The Morgan fingerprint density at radius 2 is 1.81 bits per heavy atom. The summed E-state index contributed by atoms with van der Waals surface area (Å²) in [5, 5.41) is 0. The van der Waals surface area contributed by atoms with Gasteiger partial charge in [0.25, 0.3) is 0 Å². The van der Waals surface area contributed by atoms with Crippen LogP contribution in [0.4, 0.5) is 10.1 Å². The molecule has 0 radical (unpaired) electrons. The van der Waals surface area contributed by atoms with Gasteiger partial charge in [-0.05, 0) is 55.8 Å². The van der Waals surface area contributed by atoms with E-state index in [-0.39, 0.29) is 16.9 Å². The second kappa shape index (κ2) is 7.48. The Morgan fingerprint density at radius 1 is 1.11 bits per heavy atom. The number of hydrogen-bond donors (Lipinski definition) is 0. The van der Waals surface area contributed by atoms with Crippen molar-refractivity contribution in [1.82, 2.24) is 0 Å². The smallest absolute Gasteiger partial charge is 0.338 e. The lowest BCUT2D eigenvalue weighted by Crippen LogP contribution is -2.26. The quantitative estimate of drug-likeness (QED) is 0.578. The summed E-state index contributed by atoms with van der Waals surface area (Å²) in [6.45, 7) is 1.79. The zero-order chi connectivity index (χ0) is 19.6. The van der Waals surface area contributed by atoms with Gasteiger partial charge >= 0.3 is 5.97 Å². The standard InChI is InChI=1S/C19H18FNO5S/c1-13(18(22)14-6-8-16(20)9-7-14)26-19(23)15-4-2-5-17(12-15)21-10-3-11-27(21,24)25/h2,4-9,12-13H,3,10-11H2,1H3. The van der Waals surface area contributed by atoms with E-state index in [4.69, 9.17) is 4.74 Å². The normalized spacial score (nSPS) is 16.7. The number of ether oxygens (including phenoxy) is 1. The molecule has 2 aromatic carbocycles. The highest BCUT2D eigenvalue weighted by Crippen LogP contribution is 2.25. The van der Waals surface area contributed by atoms with Gasteiger partial charge in [-0.1, -0.05) is 6.07 Å². The van der Waals surface area contributed by atoms with Gasteiger partial charge < -0.3 is 4.74 Å². The lowest BCUT2D eigenvalue weighted by atomic mass is 10.1. The number of carbonyl (C=O) groups is 2. The summed E-state index contributed by atoms with van der Waals surface area (Å²) in [6, 6.07) is 11.0. The topological polar surface area (TPSA) is 80.8 Å². The van der Waals surface area contributed by atoms with E-state index in [1.807, 2.05) is 0 Å². The van der Waals surface area contributed by atoms with Gasteiger partial charge in [0.05, 0.1) is 17.0 Å². The van der Waals surface area contributed by atoms with E-state index >= 15 is 0 Å². The van der Waals surface area contributed by atoms with Crippen molar-refractivity contribution < 1.29 is 27.1 Å². The second-order valence-corrected chi connectivity index (χ2v) is 8.22. The molecule has 1 aliphatic heterocycles. The summed E-state index contributed by atoms with van der Waals surface area (Å²) in [4.78, 5) is 24.7. The average Bonchev–Trinajstić information content (AvgIpc) is 3.01. The van der Waals surface area contributed by atoms with Crippen LogP contribution in [0.15, 0.2) is 48.5 Å². The molecule has 27 heavy (non-hydrogen) atoms. The maximum absolute atomic E-state index is 13.0. The van der Waals surface area contributed by atoms with Gasteiger partial charge in [-0.3, -0.25) is 9.10 Å². The Bertz CT molecular complexity index is 972. The van der Waals surface area contributed by atoms with E-state index < -0.39 is 33.7 Å². The van der Waals surface area contributed by atoms with Crippen molar-refractivity contribution in [1.29, 1.82) is 0 Å². The minimum Gasteiger partial charge on any atom is -0.451 e. The third-order valence-corrected chi connectivity index (χ3v) is 6.12. The average molecular weight is 391 g/mol. The molecule has 1 saturated heterocycles. The predicted octanol–water partition coefficient (Wildman–Crippen LogP) is 2.79. The fourth-order valence-corrected chi connectivity index (χ4v) is 4.40. The van der Waals surface area contributed by atoms with Gasteiger partial charge in [0, 0.05) is 12.1 Å². The Balaban J connectivity index is 1.73. The number of sulfonamides is 1. The molecule has 1 heterocycles. The predicted molar refractivity (Wildman–Crippen MR) is 97.8 cm³/mol. The van der Waals surface area contributed by atoms with Crippen LogP contribution < -0.4 is 4.31 Å². The lowest BCUT2D eigenvalue weighted by Gasteiger charge is -2.18. The van der Waals surface area contributed by atoms with Crippen molar-refractivity contribution in [2.24, 2.45) is 0 Å². The van der Waals surface area contributed by atoms with Crippen LogP contribution >= 0.6 is 0 Å². The van der Waals surface area contributed by atoms with E-state index in [0.717, 1.165) is 12.1 Å². The van der Waals surface area contributed by atoms with Crippen LogP contribution in [0.3, 0.4) is 0 Å². The number of rotatable bonds is 5. The second-order valence-electron chi connectivity index (χ2n) is 6.21. The van der Waals surface area contributed by atoms with Crippen LogP contribution in [0.25, 0.3) is 0 Å². The zero-order valence-electron chi connectivity index (χ0n) is 14.6. The largest absolute Gasteiger partial charge is 0.451 e. The number of Topliss-reactive ketones (excluding diaryl/α,β-unsaturated/α-hetero) is 1. The summed E-state index contributed by atoms with van der Waals surface area (Å²) in [5.74, 6) is -1.59. The van der Waals surface area contributed by atoms with Crippen molar-refractivity contribution in [3.63, 3.8) is 0 Å². The molecule has 1 unspecified atom stereocenters. The van der Waals surface area contributed by atoms with Crippen molar-refractivity contribution in [3.8, 4) is 0 Å². The molecule has 1 aliphatic rings. The highest BCUT2D eigenvalue weighted by Gasteiger charge is 2.29. The summed E-state index contributed by atoms with van der Waals surface area (Å²) >= 11 is 0. The fourth-order valence-electron chi connectivity index (χ4n) is 2.85. The number of nitrogens with zero attached hydrogens (tertiary/aromatic N) is 1. The molecule has 0 saturated carbocycles. The minimum absolute atomic E-state index is 0.0743. The summed E-state index contributed by atoms with van der Waals surface area (Å²) in [5.41, 5.74) is 0.765. The monoisotopic (exact) mass is 391 g/mol. The maximum atomic E-state index is 13.0. The highest BCUT2D eigenvalue weighted by molar-refractivity contribution is 7.93. The molecule has 0 amide bonds. The summed E-state index contributed by atoms with van der Waals surface area (Å²) in [6.07, 6.45) is -0.539. The molecule has 3 rings (SSSR count). The molecule has 0 bridgehead atoms. The summed E-state index contributed by atoms with van der Waals surface area (Å²) in [7, 11) is -3.36. The Hall–Kier alpha value is -2.74. The molecular weight excluding hydrogens is 373 g/mol. The number of carbonyl (C=O) groups excluding carboxylic acids is 2. The van der Waals surface area contributed by atoms with Crippen LogP contribution in [0.5, 0.6) is 0 Å². The number of ketones is 1. The third kappa shape index (κ3) is 4.16. The van der Waals surface area contributed by atoms with Gasteiger partial charge in [-0.2, -0.15) is 0 Å². The lowest BCUT2D eigenvalue weighted by molar-refractivity contribution is 0.0319. The van der Waals surface area contributed by atoms with Gasteiger partial charge in [0.2, 0.25) is 15.8 Å². The van der Waals surface area contributed by atoms with Crippen LogP contribution in [0, 0.1) is 5.82 Å². The number of benzene rings is 2. The molecule has 142 valence electrons. The minimum atomic E-state index is -3.36. The number of esters is 1. The van der Waals surface area contributed by atoms with Crippen LogP contribution in [0.1, 0.15) is 34.1 Å². The van der Waals surface area contributed by atoms with Gasteiger partial charge in [0.1, 0.15) is 5.82 Å². The van der Waals surface area contributed by atoms with E-state index in [0.29, 0.717) is 18.7 Å². The van der Waals surface area contributed by atoms with Crippen LogP contribution in [-0.2, 0) is 14.8 Å². The first kappa shape index (κ1) is 19.0. The number of anilines is 1. The van der Waals surface area contributed by atoms with Crippen LogP contribution in [-0.4, -0.2) is 38.6 Å². The molecule has 2 aromatic rings. The van der Waals surface area contributed by atoms with Gasteiger partial charge in [-0.25, -0.2) is 17.6 Å². The Labute approximate surface area is 156 Å². The van der Waals surface area contributed by atoms with E-state index in [2.05, 4.69) is 0 Å².